The smallest absolute Gasteiger partial charge is 0.227 e. The largest absolute Gasteiger partial charge is 0.381 e. The number of hydrogen-bond donors (Lipinski definition) is 2. The Morgan fingerprint density at radius 2 is 1.25 bits per heavy atom. The van der Waals surface area contributed by atoms with Gasteiger partial charge in [0.05, 0.1) is 23.8 Å². The summed E-state index contributed by atoms with van der Waals surface area (Å²) < 4.78 is 10.5. The Morgan fingerprint density at radius 3 is 1.67 bits per heavy atom. The zero-order valence-electron chi connectivity index (χ0n) is 13.6. The molecule has 0 radical (unpaired) electrons. The summed E-state index contributed by atoms with van der Waals surface area (Å²) in [6.07, 6.45) is 6.11. The Hall–Kier alpha value is -1.99. The van der Waals surface area contributed by atoms with E-state index in [1.54, 1.807) is 18.5 Å². The number of aromatic nitrogens is 1. The molecular weight excluding hydrogens is 310 g/mol. The predicted molar refractivity (Wildman–Crippen MR) is 88.6 cm³/mol. The summed E-state index contributed by atoms with van der Waals surface area (Å²) in [5, 5.41) is 5.75. The number of pyridine rings is 1. The minimum Gasteiger partial charge on any atom is -0.381 e. The van der Waals surface area contributed by atoms with Gasteiger partial charge in [0, 0.05) is 38.3 Å². The highest BCUT2D eigenvalue weighted by molar-refractivity contribution is 5.95. The topological polar surface area (TPSA) is 89.6 Å². The van der Waals surface area contributed by atoms with Crippen molar-refractivity contribution in [3.05, 3.63) is 18.5 Å². The fourth-order valence-corrected chi connectivity index (χ4v) is 2.98. The van der Waals surface area contributed by atoms with Crippen molar-refractivity contribution < 1.29 is 19.1 Å². The molecule has 1 aromatic rings. The first-order chi connectivity index (χ1) is 11.7. The molecule has 0 unspecified atom stereocenters. The summed E-state index contributed by atoms with van der Waals surface area (Å²) >= 11 is 0. The van der Waals surface area contributed by atoms with Gasteiger partial charge < -0.3 is 20.1 Å². The summed E-state index contributed by atoms with van der Waals surface area (Å²) in [5.41, 5.74) is 1.19. The molecule has 0 aliphatic carbocycles. The van der Waals surface area contributed by atoms with Gasteiger partial charge in [0.25, 0.3) is 0 Å². The number of carbonyl (C=O) groups is 2. The Kier molecular flexibility index (Phi) is 5.77. The molecule has 3 heterocycles. The van der Waals surface area contributed by atoms with Gasteiger partial charge in [-0.15, -0.1) is 0 Å². The third-order valence-electron chi connectivity index (χ3n) is 4.46. The van der Waals surface area contributed by atoms with E-state index >= 15 is 0 Å². The number of hydrogen-bond acceptors (Lipinski definition) is 5. The molecule has 1 aromatic heterocycles. The minimum absolute atomic E-state index is 0.0204. The lowest BCUT2D eigenvalue weighted by Crippen LogP contribution is -2.29. The van der Waals surface area contributed by atoms with Crippen LogP contribution in [0.25, 0.3) is 0 Å². The summed E-state index contributed by atoms with van der Waals surface area (Å²) in [5.74, 6) is -0.0977. The number of amides is 2. The number of nitrogens with zero attached hydrogens (tertiary/aromatic N) is 1. The monoisotopic (exact) mass is 333 g/mol. The van der Waals surface area contributed by atoms with E-state index in [2.05, 4.69) is 15.6 Å². The molecule has 3 rings (SSSR count). The molecule has 2 saturated heterocycles. The summed E-state index contributed by atoms with van der Waals surface area (Å²) in [4.78, 5) is 28.6. The van der Waals surface area contributed by atoms with E-state index in [-0.39, 0.29) is 23.7 Å². The highest BCUT2D eigenvalue weighted by Gasteiger charge is 2.23. The quantitative estimate of drug-likeness (QED) is 0.877. The molecule has 0 aromatic carbocycles. The average Bonchev–Trinajstić information content (AvgIpc) is 2.63. The molecule has 2 aliphatic heterocycles. The third kappa shape index (κ3) is 4.52. The number of anilines is 2. The molecule has 0 spiro atoms. The van der Waals surface area contributed by atoms with Crippen molar-refractivity contribution in [3.8, 4) is 0 Å². The van der Waals surface area contributed by atoms with Crippen LogP contribution in [0.2, 0.25) is 0 Å². The highest BCUT2D eigenvalue weighted by Crippen LogP contribution is 2.21. The van der Waals surface area contributed by atoms with Gasteiger partial charge in [0.15, 0.2) is 0 Å². The van der Waals surface area contributed by atoms with Crippen molar-refractivity contribution in [1.29, 1.82) is 0 Å². The lowest BCUT2D eigenvalue weighted by molar-refractivity contribution is -0.123. The zero-order valence-corrected chi connectivity index (χ0v) is 13.6. The van der Waals surface area contributed by atoms with Crippen molar-refractivity contribution in [2.75, 3.05) is 37.1 Å². The molecule has 24 heavy (non-hydrogen) atoms. The van der Waals surface area contributed by atoms with Gasteiger partial charge in [-0.1, -0.05) is 0 Å². The third-order valence-corrected chi connectivity index (χ3v) is 4.46. The Labute approximate surface area is 141 Å². The second-order valence-electron chi connectivity index (χ2n) is 6.21. The normalized spacial score (nSPS) is 19.7. The first-order valence-electron chi connectivity index (χ1n) is 8.44. The van der Waals surface area contributed by atoms with Crippen LogP contribution < -0.4 is 10.6 Å². The summed E-state index contributed by atoms with van der Waals surface area (Å²) in [7, 11) is 0. The minimum atomic E-state index is -0.0285. The van der Waals surface area contributed by atoms with Gasteiger partial charge in [-0.2, -0.15) is 0 Å². The molecule has 0 bridgehead atoms. The van der Waals surface area contributed by atoms with E-state index in [4.69, 9.17) is 9.47 Å². The average molecular weight is 333 g/mol. The Bertz CT molecular complexity index is 534. The molecular formula is C17H23N3O4. The van der Waals surface area contributed by atoms with E-state index in [9.17, 15) is 9.59 Å². The van der Waals surface area contributed by atoms with Crippen LogP contribution in [-0.4, -0.2) is 43.2 Å². The van der Waals surface area contributed by atoms with Gasteiger partial charge in [0.2, 0.25) is 11.8 Å². The van der Waals surface area contributed by atoms with E-state index in [1.807, 2.05) is 0 Å². The van der Waals surface area contributed by atoms with Crippen LogP contribution in [0.4, 0.5) is 11.4 Å². The number of rotatable bonds is 4. The second-order valence-corrected chi connectivity index (χ2v) is 6.21. The van der Waals surface area contributed by atoms with Crippen LogP contribution in [-0.2, 0) is 19.1 Å². The Balaban J connectivity index is 1.57. The van der Waals surface area contributed by atoms with E-state index in [1.165, 1.54) is 0 Å². The lowest BCUT2D eigenvalue weighted by Gasteiger charge is -2.22. The van der Waals surface area contributed by atoms with E-state index < -0.39 is 0 Å². The SMILES string of the molecule is O=C(Nc1cncc(NC(=O)C2CCOCC2)c1)C1CCOCC1. The maximum Gasteiger partial charge on any atom is 0.227 e. The molecule has 0 atom stereocenters. The number of ether oxygens (including phenoxy) is 2. The van der Waals surface area contributed by atoms with E-state index in [0.717, 1.165) is 25.7 Å². The first-order valence-corrected chi connectivity index (χ1v) is 8.44. The predicted octanol–water partition coefficient (Wildman–Crippen LogP) is 1.81. The van der Waals surface area contributed by atoms with Gasteiger partial charge in [-0.05, 0) is 31.7 Å². The zero-order chi connectivity index (χ0) is 16.8. The fourth-order valence-electron chi connectivity index (χ4n) is 2.98. The van der Waals surface area contributed by atoms with Gasteiger partial charge in [-0.25, -0.2) is 0 Å². The number of carbonyl (C=O) groups excluding carboxylic acids is 2. The van der Waals surface area contributed by atoms with Crippen LogP contribution in [0.1, 0.15) is 25.7 Å². The van der Waals surface area contributed by atoms with Crippen molar-refractivity contribution in [1.82, 2.24) is 4.98 Å². The van der Waals surface area contributed by atoms with Gasteiger partial charge in [-0.3, -0.25) is 14.6 Å². The van der Waals surface area contributed by atoms with Crippen LogP contribution >= 0.6 is 0 Å². The van der Waals surface area contributed by atoms with Crippen molar-refractivity contribution in [2.24, 2.45) is 11.8 Å². The van der Waals surface area contributed by atoms with E-state index in [0.29, 0.717) is 37.8 Å². The molecule has 2 fully saturated rings. The number of nitrogens with one attached hydrogen (secondary N) is 2. The summed E-state index contributed by atoms with van der Waals surface area (Å²) in [6, 6.07) is 1.74. The molecule has 2 aliphatic rings. The fraction of sp³-hybridized carbons (Fsp3) is 0.588. The van der Waals surface area contributed by atoms with Crippen LogP contribution in [0.3, 0.4) is 0 Å². The van der Waals surface area contributed by atoms with Crippen molar-refractivity contribution in [2.45, 2.75) is 25.7 Å². The van der Waals surface area contributed by atoms with Crippen LogP contribution in [0, 0.1) is 11.8 Å². The molecule has 130 valence electrons. The first kappa shape index (κ1) is 16.9. The summed E-state index contributed by atoms with van der Waals surface area (Å²) in [6.45, 7) is 2.49. The molecule has 2 amide bonds. The van der Waals surface area contributed by atoms with Gasteiger partial charge >= 0.3 is 0 Å². The van der Waals surface area contributed by atoms with Crippen molar-refractivity contribution in [3.63, 3.8) is 0 Å². The second kappa shape index (κ2) is 8.21. The maximum atomic E-state index is 12.3. The molecule has 0 saturated carbocycles. The highest BCUT2D eigenvalue weighted by atomic mass is 16.5. The standard InChI is InChI=1S/C17H23N3O4/c21-16(12-1-5-23-6-2-12)19-14-9-15(11-18-10-14)20-17(22)13-3-7-24-8-4-13/h9-13H,1-8H2,(H,19,21)(H,20,22). The van der Waals surface area contributed by atoms with Gasteiger partial charge in [0.1, 0.15) is 0 Å². The molecule has 7 nitrogen and oxygen atoms in total. The maximum absolute atomic E-state index is 12.3. The van der Waals surface area contributed by atoms with Crippen LogP contribution in [0.5, 0.6) is 0 Å². The lowest BCUT2D eigenvalue weighted by atomic mass is 9.99. The van der Waals surface area contributed by atoms with Crippen molar-refractivity contribution >= 4 is 23.2 Å². The molecule has 7 heteroatoms. The van der Waals surface area contributed by atoms with Crippen LogP contribution in [0.15, 0.2) is 18.5 Å². The Morgan fingerprint density at radius 1 is 0.833 bits per heavy atom. The molecule has 2 N–H and O–H groups in total.